The summed E-state index contributed by atoms with van der Waals surface area (Å²) in [5.74, 6) is -2.94. The van der Waals surface area contributed by atoms with Crippen molar-refractivity contribution in [1.82, 2.24) is 4.98 Å². The summed E-state index contributed by atoms with van der Waals surface area (Å²) in [5.41, 5.74) is 4.30. The average molecular weight is 269 g/mol. The first-order valence-electron chi connectivity index (χ1n) is 4.96. The van der Waals surface area contributed by atoms with Gasteiger partial charge in [0.05, 0.1) is 5.69 Å². The Labute approximate surface area is 105 Å². The number of hydrogen-bond donors (Lipinski definition) is 2. The number of anilines is 2. The van der Waals surface area contributed by atoms with E-state index < -0.39 is 23.1 Å². The Bertz CT molecular complexity index is 612. The lowest BCUT2D eigenvalue weighted by molar-refractivity contribution is 0.101. The quantitative estimate of drug-likeness (QED) is 0.823. The molecule has 0 aliphatic heterocycles. The molecule has 0 atom stereocenters. The molecule has 0 aliphatic rings. The summed E-state index contributed by atoms with van der Waals surface area (Å²) in [4.78, 5) is 16.5. The number of nitrogens with one attached hydrogen (secondary N) is 1. The second-order valence-electron chi connectivity index (χ2n) is 3.56. The predicted octanol–water partition coefficient (Wildman–Crippen LogP) is 2.56. The number of nitrogens with zero attached hydrogens (tertiary/aromatic N) is 1. The molecule has 94 valence electrons. The van der Waals surface area contributed by atoms with E-state index >= 15 is 0 Å². The van der Waals surface area contributed by atoms with Crippen LogP contribution >= 0.6 is 11.3 Å². The first kappa shape index (κ1) is 12.4. The van der Waals surface area contributed by atoms with E-state index in [4.69, 9.17) is 5.73 Å². The number of carbonyl (C=O) groups excluding carboxylic acids is 1. The van der Waals surface area contributed by atoms with Gasteiger partial charge in [-0.25, -0.2) is 13.8 Å². The maximum absolute atomic E-state index is 13.6. The SMILES string of the molecule is Cc1cnc(NC(=O)c2c(F)ccc(N)c2F)s1. The van der Waals surface area contributed by atoms with Gasteiger partial charge in [0, 0.05) is 11.1 Å². The fourth-order valence-electron chi connectivity index (χ4n) is 1.35. The van der Waals surface area contributed by atoms with Crippen LogP contribution in [0, 0.1) is 18.6 Å². The minimum atomic E-state index is -1.07. The molecule has 0 bridgehead atoms. The Kier molecular flexibility index (Phi) is 3.24. The van der Waals surface area contributed by atoms with Crippen molar-refractivity contribution in [2.75, 3.05) is 11.1 Å². The number of nitrogens with two attached hydrogens (primary N) is 1. The van der Waals surface area contributed by atoms with Gasteiger partial charge in [-0.2, -0.15) is 0 Å². The molecule has 4 nitrogen and oxygen atoms in total. The van der Waals surface area contributed by atoms with Crippen molar-refractivity contribution in [3.8, 4) is 0 Å². The van der Waals surface area contributed by atoms with E-state index in [0.29, 0.717) is 0 Å². The third kappa shape index (κ3) is 2.30. The standard InChI is InChI=1S/C11H9F2N3OS/c1-5-4-15-11(18-5)16-10(17)8-6(12)2-3-7(14)9(8)13/h2-4H,14H2,1H3,(H,15,16,17). The second kappa shape index (κ2) is 4.69. The monoisotopic (exact) mass is 269 g/mol. The van der Waals surface area contributed by atoms with Crippen molar-refractivity contribution in [3.63, 3.8) is 0 Å². The Morgan fingerprint density at radius 3 is 2.78 bits per heavy atom. The number of halogens is 2. The van der Waals surface area contributed by atoms with Crippen LogP contribution < -0.4 is 11.1 Å². The summed E-state index contributed by atoms with van der Waals surface area (Å²) in [6, 6.07) is 2.01. The van der Waals surface area contributed by atoms with Gasteiger partial charge in [0.15, 0.2) is 10.9 Å². The van der Waals surface area contributed by atoms with Crippen LogP contribution in [-0.4, -0.2) is 10.9 Å². The minimum Gasteiger partial charge on any atom is -0.396 e. The Morgan fingerprint density at radius 2 is 2.17 bits per heavy atom. The average Bonchev–Trinajstić information content (AvgIpc) is 2.70. The molecule has 0 aliphatic carbocycles. The molecule has 0 unspecified atom stereocenters. The van der Waals surface area contributed by atoms with Gasteiger partial charge in [-0.1, -0.05) is 0 Å². The lowest BCUT2D eigenvalue weighted by Crippen LogP contribution is -2.16. The van der Waals surface area contributed by atoms with Crippen molar-refractivity contribution < 1.29 is 13.6 Å². The molecule has 0 saturated carbocycles. The summed E-state index contributed by atoms with van der Waals surface area (Å²) in [6.07, 6.45) is 1.55. The first-order chi connectivity index (χ1) is 8.49. The number of aromatic nitrogens is 1. The fraction of sp³-hybridized carbons (Fsp3) is 0.0909. The molecule has 0 radical (unpaired) electrons. The van der Waals surface area contributed by atoms with Crippen LogP contribution in [0.1, 0.15) is 15.2 Å². The molecule has 1 amide bonds. The molecule has 0 fully saturated rings. The number of rotatable bonds is 2. The lowest BCUT2D eigenvalue weighted by Gasteiger charge is -2.06. The van der Waals surface area contributed by atoms with Crippen molar-refractivity contribution in [2.24, 2.45) is 0 Å². The number of benzene rings is 1. The second-order valence-corrected chi connectivity index (χ2v) is 4.79. The molecule has 7 heteroatoms. The fourth-order valence-corrected chi connectivity index (χ4v) is 2.01. The summed E-state index contributed by atoms with van der Waals surface area (Å²) < 4.78 is 27.0. The molecule has 0 saturated heterocycles. The number of aryl methyl sites for hydroxylation is 1. The van der Waals surface area contributed by atoms with Gasteiger partial charge in [-0.05, 0) is 19.1 Å². The van der Waals surface area contributed by atoms with E-state index in [1.54, 1.807) is 13.1 Å². The summed E-state index contributed by atoms with van der Waals surface area (Å²) in [6.45, 7) is 1.80. The molecule has 2 aromatic rings. The van der Waals surface area contributed by atoms with Crippen LogP contribution in [0.15, 0.2) is 18.3 Å². The highest BCUT2D eigenvalue weighted by molar-refractivity contribution is 7.15. The van der Waals surface area contributed by atoms with Gasteiger partial charge in [0.1, 0.15) is 11.4 Å². The van der Waals surface area contributed by atoms with Gasteiger partial charge in [-0.15, -0.1) is 11.3 Å². The van der Waals surface area contributed by atoms with Crippen LogP contribution in [0.3, 0.4) is 0 Å². The number of carbonyl (C=O) groups is 1. The predicted molar refractivity (Wildman–Crippen MR) is 65.6 cm³/mol. The summed E-state index contributed by atoms with van der Waals surface area (Å²) in [7, 11) is 0. The Morgan fingerprint density at radius 1 is 1.44 bits per heavy atom. The van der Waals surface area contributed by atoms with Gasteiger partial charge in [0.25, 0.3) is 5.91 Å². The largest absolute Gasteiger partial charge is 0.396 e. The zero-order valence-corrected chi connectivity index (χ0v) is 10.1. The lowest BCUT2D eigenvalue weighted by atomic mass is 10.1. The molecular formula is C11H9F2N3OS. The molecule has 0 spiro atoms. The van der Waals surface area contributed by atoms with Crippen LogP contribution in [0.25, 0.3) is 0 Å². The van der Waals surface area contributed by atoms with Gasteiger partial charge >= 0.3 is 0 Å². The smallest absolute Gasteiger partial charge is 0.263 e. The first-order valence-corrected chi connectivity index (χ1v) is 5.78. The molecule has 3 N–H and O–H groups in total. The van der Waals surface area contributed by atoms with Crippen molar-refractivity contribution in [3.05, 3.63) is 40.4 Å². The molecule has 18 heavy (non-hydrogen) atoms. The van der Waals surface area contributed by atoms with Gasteiger partial charge in [0.2, 0.25) is 0 Å². The van der Waals surface area contributed by atoms with E-state index in [2.05, 4.69) is 10.3 Å². The van der Waals surface area contributed by atoms with Crippen molar-refractivity contribution >= 4 is 28.1 Å². The molecule has 1 aromatic heterocycles. The van der Waals surface area contributed by atoms with Crippen LogP contribution in [0.2, 0.25) is 0 Å². The molecule has 1 heterocycles. The van der Waals surface area contributed by atoms with E-state index in [0.717, 1.165) is 17.0 Å². The Balaban J connectivity index is 2.32. The highest BCUT2D eigenvalue weighted by Crippen LogP contribution is 2.22. The highest BCUT2D eigenvalue weighted by atomic mass is 32.1. The number of thiazole rings is 1. The zero-order chi connectivity index (χ0) is 13.3. The molecular weight excluding hydrogens is 260 g/mol. The Hall–Kier alpha value is -2.02. The van der Waals surface area contributed by atoms with Crippen LogP contribution in [0.4, 0.5) is 19.6 Å². The minimum absolute atomic E-state index is 0.277. The van der Waals surface area contributed by atoms with E-state index in [1.807, 2.05) is 0 Å². The van der Waals surface area contributed by atoms with Crippen molar-refractivity contribution in [1.29, 1.82) is 0 Å². The van der Waals surface area contributed by atoms with Gasteiger partial charge < -0.3 is 5.73 Å². The third-order valence-corrected chi connectivity index (χ3v) is 3.02. The summed E-state index contributed by atoms with van der Waals surface area (Å²) in [5, 5.41) is 2.60. The van der Waals surface area contributed by atoms with E-state index in [1.165, 1.54) is 11.3 Å². The number of nitrogen functional groups attached to an aromatic ring is 1. The number of hydrogen-bond acceptors (Lipinski definition) is 4. The van der Waals surface area contributed by atoms with Crippen LogP contribution in [-0.2, 0) is 0 Å². The maximum Gasteiger partial charge on any atom is 0.263 e. The zero-order valence-electron chi connectivity index (χ0n) is 9.33. The summed E-state index contributed by atoms with van der Waals surface area (Å²) >= 11 is 1.21. The van der Waals surface area contributed by atoms with Crippen molar-refractivity contribution in [2.45, 2.75) is 6.92 Å². The maximum atomic E-state index is 13.6. The molecule has 2 rings (SSSR count). The third-order valence-electron chi connectivity index (χ3n) is 2.19. The van der Waals surface area contributed by atoms with Crippen LogP contribution in [0.5, 0.6) is 0 Å². The van der Waals surface area contributed by atoms with E-state index in [-0.39, 0.29) is 10.8 Å². The normalized spacial score (nSPS) is 10.4. The van der Waals surface area contributed by atoms with Gasteiger partial charge in [-0.3, -0.25) is 10.1 Å². The number of amides is 1. The highest BCUT2D eigenvalue weighted by Gasteiger charge is 2.20. The van der Waals surface area contributed by atoms with E-state index in [9.17, 15) is 13.6 Å². The topological polar surface area (TPSA) is 68.0 Å². The molecule has 1 aromatic carbocycles.